The molecular formula is C30H44N4O7S. The van der Waals surface area contributed by atoms with Crippen LogP contribution in [0.4, 0.5) is 4.79 Å². The maximum Gasteiger partial charge on any atom is 0.410 e. The zero-order valence-electron chi connectivity index (χ0n) is 26.0. The fourth-order valence-electron chi connectivity index (χ4n) is 4.89. The molecule has 2 amide bonds. The minimum absolute atomic E-state index is 0.0568. The quantitative estimate of drug-likeness (QED) is 0.377. The minimum atomic E-state index is -3.76. The number of nitrogens with zero attached hydrogens (tertiary/aromatic N) is 4. The Morgan fingerprint density at radius 1 is 1.05 bits per heavy atom. The van der Waals surface area contributed by atoms with Crippen molar-refractivity contribution in [2.45, 2.75) is 63.5 Å². The highest BCUT2D eigenvalue weighted by Gasteiger charge is 2.42. The molecule has 1 aliphatic heterocycles. The largest absolute Gasteiger partial charge is 0.497 e. The number of sulfonamides is 1. The first kappa shape index (κ1) is 33.3. The molecule has 232 valence electrons. The molecule has 42 heavy (non-hydrogen) atoms. The van der Waals surface area contributed by atoms with Gasteiger partial charge in [-0.3, -0.25) is 9.78 Å². The van der Waals surface area contributed by atoms with Crippen molar-refractivity contribution < 1.29 is 32.2 Å². The monoisotopic (exact) mass is 604 g/mol. The molecule has 0 radical (unpaired) electrons. The highest BCUT2D eigenvalue weighted by molar-refractivity contribution is 7.89. The Labute approximate surface area is 249 Å². The predicted octanol–water partition coefficient (Wildman–Crippen LogP) is 3.73. The molecule has 11 nitrogen and oxygen atoms in total. The number of likely N-dealkylation sites (tertiary alicyclic amines) is 1. The second-order valence-corrected chi connectivity index (χ2v) is 13.7. The zero-order valence-corrected chi connectivity index (χ0v) is 26.8. The second-order valence-electron chi connectivity index (χ2n) is 11.7. The van der Waals surface area contributed by atoms with Crippen LogP contribution in [0.5, 0.6) is 5.75 Å². The van der Waals surface area contributed by atoms with Crippen molar-refractivity contribution in [3.05, 3.63) is 53.3 Å². The summed E-state index contributed by atoms with van der Waals surface area (Å²) < 4.78 is 44.6. The number of carbonyl (C=O) groups excluding carboxylic acids is 2. The van der Waals surface area contributed by atoms with Crippen molar-refractivity contribution >= 4 is 22.0 Å². The van der Waals surface area contributed by atoms with Crippen LogP contribution in [-0.4, -0.2) is 99.1 Å². The van der Waals surface area contributed by atoms with Crippen molar-refractivity contribution in [3.63, 3.8) is 0 Å². The molecule has 2 heterocycles. The van der Waals surface area contributed by atoms with Crippen LogP contribution in [0, 0.1) is 13.8 Å². The first-order valence-corrected chi connectivity index (χ1v) is 15.4. The van der Waals surface area contributed by atoms with E-state index in [1.54, 1.807) is 55.2 Å². The topological polar surface area (TPSA) is 119 Å². The van der Waals surface area contributed by atoms with Crippen LogP contribution in [0.15, 0.2) is 41.6 Å². The van der Waals surface area contributed by atoms with E-state index in [1.165, 1.54) is 18.5 Å². The van der Waals surface area contributed by atoms with E-state index in [-0.39, 0.29) is 30.6 Å². The fraction of sp³-hybridized carbons (Fsp3) is 0.567. The molecule has 1 aromatic heterocycles. The molecule has 1 fully saturated rings. The molecule has 12 heteroatoms. The number of benzene rings is 1. The summed E-state index contributed by atoms with van der Waals surface area (Å²) in [5.74, 6) is 0.392. The van der Waals surface area contributed by atoms with Crippen molar-refractivity contribution in [2.24, 2.45) is 0 Å². The Balaban J connectivity index is 1.57. The second kappa shape index (κ2) is 13.4. The van der Waals surface area contributed by atoms with Crippen molar-refractivity contribution in [2.75, 3.05) is 54.1 Å². The molecule has 0 unspecified atom stereocenters. The number of aromatic nitrogens is 1. The molecule has 1 aliphatic rings. The van der Waals surface area contributed by atoms with Crippen molar-refractivity contribution in [1.29, 1.82) is 0 Å². The van der Waals surface area contributed by atoms with E-state index in [9.17, 15) is 18.0 Å². The Bertz CT molecular complexity index is 1330. The summed E-state index contributed by atoms with van der Waals surface area (Å²) in [5.41, 5.74) is 0.732. The third-order valence-electron chi connectivity index (χ3n) is 7.81. The maximum atomic E-state index is 13.2. The predicted molar refractivity (Wildman–Crippen MR) is 159 cm³/mol. The lowest BCUT2D eigenvalue weighted by molar-refractivity contribution is -0.141. The number of ether oxygens (including phenoxy) is 3. The van der Waals surface area contributed by atoms with Gasteiger partial charge in [0, 0.05) is 64.5 Å². The van der Waals surface area contributed by atoms with Crippen LogP contribution in [0.25, 0.3) is 0 Å². The summed E-state index contributed by atoms with van der Waals surface area (Å²) in [6.07, 6.45) is 3.75. The normalized spacial score (nSPS) is 15.4. The Morgan fingerprint density at radius 3 is 2.14 bits per heavy atom. The third-order valence-corrected chi connectivity index (χ3v) is 9.97. The van der Waals surface area contributed by atoms with E-state index < -0.39 is 27.3 Å². The number of likely N-dealkylation sites (N-methyl/N-ethyl adjacent to an activating group) is 1. The van der Waals surface area contributed by atoms with E-state index in [4.69, 9.17) is 14.2 Å². The summed E-state index contributed by atoms with van der Waals surface area (Å²) in [6, 6.07) is 7.05. The lowest BCUT2D eigenvalue weighted by Crippen LogP contribution is -2.51. The molecule has 1 saturated heterocycles. The van der Waals surface area contributed by atoms with E-state index in [0.717, 1.165) is 5.56 Å². The van der Waals surface area contributed by atoms with Gasteiger partial charge in [0.1, 0.15) is 18.0 Å². The number of amides is 2. The van der Waals surface area contributed by atoms with Gasteiger partial charge in [-0.2, -0.15) is 4.31 Å². The number of aryl methyl sites for hydroxylation is 2. The highest BCUT2D eigenvalue weighted by Crippen LogP contribution is 2.38. The summed E-state index contributed by atoms with van der Waals surface area (Å²) in [7, 11) is 0.980. The number of piperidine rings is 1. The molecule has 0 bridgehead atoms. The first-order chi connectivity index (χ1) is 19.6. The smallest absolute Gasteiger partial charge is 0.410 e. The van der Waals surface area contributed by atoms with E-state index in [0.29, 0.717) is 42.8 Å². The van der Waals surface area contributed by atoms with Crippen LogP contribution < -0.4 is 4.74 Å². The number of carbonyl (C=O) groups is 2. The number of pyridine rings is 1. The summed E-state index contributed by atoms with van der Waals surface area (Å²) in [6.45, 7) is 9.99. The van der Waals surface area contributed by atoms with Crippen molar-refractivity contribution in [3.8, 4) is 5.75 Å². The standard InChI is InChI=1S/C30H44N4O7S/c1-22-19-25(39-8)20-23(2)27(22)42(37,38)32(6)17-18-40-21-26(35)34-15-11-30(12-16-34,24-9-13-31-14-10-24)41-28(36)33(7)29(3,4)5/h9-10,13-14,19-20H,11-12,15-18,21H2,1-8H3. The van der Waals surface area contributed by atoms with Crippen LogP contribution in [0.3, 0.4) is 0 Å². The molecule has 1 aromatic carbocycles. The maximum absolute atomic E-state index is 13.2. The van der Waals surface area contributed by atoms with E-state index in [2.05, 4.69) is 4.98 Å². The van der Waals surface area contributed by atoms with Crippen molar-refractivity contribution in [1.82, 2.24) is 19.1 Å². The number of methoxy groups -OCH3 is 1. The molecule has 0 spiro atoms. The highest BCUT2D eigenvalue weighted by atomic mass is 32.2. The summed E-state index contributed by atoms with van der Waals surface area (Å²) in [4.78, 5) is 33.6. The van der Waals surface area contributed by atoms with E-state index in [1.807, 2.05) is 32.9 Å². The summed E-state index contributed by atoms with van der Waals surface area (Å²) >= 11 is 0. The lowest BCUT2D eigenvalue weighted by atomic mass is 9.84. The molecule has 0 saturated carbocycles. The van der Waals surface area contributed by atoms with Gasteiger partial charge in [-0.25, -0.2) is 13.2 Å². The van der Waals surface area contributed by atoms with Gasteiger partial charge in [-0.05, 0) is 75.6 Å². The fourth-order valence-corrected chi connectivity index (χ4v) is 6.45. The zero-order chi connectivity index (χ0) is 31.3. The van der Waals surface area contributed by atoms with Crippen LogP contribution in [0.1, 0.15) is 50.3 Å². The van der Waals surface area contributed by atoms with Gasteiger partial charge in [0.25, 0.3) is 0 Å². The molecule has 3 rings (SSSR count). The lowest BCUT2D eigenvalue weighted by Gasteiger charge is -2.43. The molecule has 2 aromatic rings. The van der Waals surface area contributed by atoms with Crippen LogP contribution in [0.2, 0.25) is 0 Å². The SMILES string of the molecule is COc1cc(C)c(S(=O)(=O)N(C)CCOCC(=O)N2CCC(OC(=O)N(C)C(C)(C)C)(c3ccncc3)CC2)c(C)c1. The molecule has 0 N–H and O–H groups in total. The molecule has 0 aliphatic carbocycles. The molecular weight excluding hydrogens is 560 g/mol. The summed E-state index contributed by atoms with van der Waals surface area (Å²) in [5, 5.41) is 0. The van der Waals surface area contributed by atoms with Crippen LogP contribution in [-0.2, 0) is 29.9 Å². The average molecular weight is 605 g/mol. The van der Waals surface area contributed by atoms with Crippen LogP contribution >= 0.6 is 0 Å². The minimum Gasteiger partial charge on any atom is -0.497 e. The van der Waals surface area contributed by atoms with Gasteiger partial charge < -0.3 is 24.0 Å². The Hall–Kier alpha value is -3.22. The number of hydrogen-bond acceptors (Lipinski definition) is 8. The average Bonchev–Trinajstić information content (AvgIpc) is 2.94. The van der Waals surface area contributed by atoms with Gasteiger partial charge in [0.05, 0.1) is 18.6 Å². The number of rotatable bonds is 10. The third kappa shape index (κ3) is 7.59. The van der Waals surface area contributed by atoms with Gasteiger partial charge in [0.15, 0.2) is 0 Å². The van der Waals surface area contributed by atoms with Gasteiger partial charge >= 0.3 is 6.09 Å². The molecule has 0 atom stereocenters. The first-order valence-electron chi connectivity index (χ1n) is 14.0. The van der Waals surface area contributed by atoms with Gasteiger partial charge in [0.2, 0.25) is 15.9 Å². The Morgan fingerprint density at radius 2 is 1.62 bits per heavy atom. The Kier molecular flexibility index (Phi) is 10.6. The van der Waals surface area contributed by atoms with Gasteiger partial charge in [-0.1, -0.05) is 0 Å². The number of hydrogen-bond donors (Lipinski definition) is 0. The van der Waals surface area contributed by atoms with Gasteiger partial charge in [-0.15, -0.1) is 0 Å². The van der Waals surface area contributed by atoms with E-state index >= 15 is 0 Å².